The van der Waals surface area contributed by atoms with Gasteiger partial charge in [-0.05, 0) is 66.2 Å². The van der Waals surface area contributed by atoms with Crippen molar-refractivity contribution in [1.82, 2.24) is 5.43 Å². The minimum atomic E-state index is 0.414. The number of rotatable bonds is 7. The molecule has 0 amide bonds. The normalized spacial score (nSPS) is 10.6. The number of methoxy groups -OCH3 is 1. The van der Waals surface area contributed by atoms with E-state index in [0.717, 1.165) is 16.8 Å². The minimum Gasteiger partial charge on any atom is -0.493 e. The smallest absolute Gasteiger partial charge is 0.191 e. The molecule has 148 valence electrons. The highest BCUT2D eigenvalue weighted by atomic mass is 32.1. The molecule has 0 saturated heterocycles. The summed E-state index contributed by atoms with van der Waals surface area (Å²) < 4.78 is 11.4. The molecule has 0 spiro atoms. The number of aryl methyl sites for hydroxylation is 1. The molecular weight excluding hydrogens is 382 g/mol. The first-order valence-corrected chi connectivity index (χ1v) is 9.57. The molecule has 0 bridgehead atoms. The zero-order valence-electron chi connectivity index (χ0n) is 16.4. The Labute approximate surface area is 176 Å². The number of thiocarbonyl (C=S) groups is 1. The van der Waals surface area contributed by atoms with Gasteiger partial charge in [-0.3, -0.25) is 5.43 Å². The van der Waals surface area contributed by atoms with Gasteiger partial charge in [-0.1, -0.05) is 42.5 Å². The van der Waals surface area contributed by atoms with Crippen LogP contribution >= 0.6 is 12.2 Å². The molecule has 5 nitrogen and oxygen atoms in total. The van der Waals surface area contributed by atoms with Crippen LogP contribution in [0.4, 0.5) is 5.69 Å². The SMILES string of the molecule is COc1cc(/C=N\NC(=S)Nc2ccccc2)ccc1OCc1ccccc1C. The van der Waals surface area contributed by atoms with Gasteiger partial charge in [0.25, 0.3) is 0 Å². The third-order valence-corrected chi connectivity index (χ3v) is 4.44. The van der Waals surface area contributed by atoms with Crippen molar-refractivity contribution < 1.29 is 9.47 Å². The minimum absolute atomic E-state index is 0.414. The number of benzene rings is 3. The number of hydrazone groups is 1. The van der Waals surface area contributed by atoms with Gasteiger partial charge in [-0.15, -0.1) is 0 Å². The Balaban J connectivity index is 1.58. The Morgan fingerprint density at radius 1 is 1.00 bits per heavy atom. The second kappa shape index (κ2) is 10.2. The maximum atomic E-state index is 5.94. The fourth-order valence-electron chi connectivity index (χ4n) is 2.66. The van der Waals surface area contributed by atoms with Gasteiger partial charge in [0, 0.05) is 5.69 Å². The fourth-order valence-corrected chi connectivity index (χ4v) is 2.83. The average molecular weight is 406 g/mol. The van der Waals surface area contributed by atoms with Gasteiger partial charge in [0.15, 0.2) is 16.6 Å². The molecule has 3 rings (SSSR count). The van der Waals surface area contributed by atoms with E-state index in [-0.39, 0.29) is 0 Å². The van der Waals surface area contributed by atoms with Crippen LogP contribution in [0.1, 0.15) is 16.7 Å². The van der Waals surface area contributed by atoms with Crippen molar-refractivity contribution in [3.05, 3.63) is 89.5 Å². The molecule has 0 atom stereocenters. The first kappa shape index (κ1) is 20.4. The summed E-state index contributed by atoms with van der Waals surface area (Å²) in [7, 11) is 1.62. The Morgan fingerprint density at radius 2 is 1.76 bits per heavy atom. The van der Waals surface area contributed by atoms with Crippen molar-refractivity contribution in [2.75, 3.05) is 12.4 Å². The van der Waals surface area contributed by atoms with Crippen molar-refractivity contribution in [2.24, 2.45) is 5.10 Å². The lowest BCUT2D eigenvalue weighted by Gasteiger charge is -2.12. The Hall–Kier alpha value is -3.38. The Kier molecular flexibility index (Phi) is 7.19. The molecule has 2 N–H and O–H groups in total. The summed E-state index contributed by atoms with van der Waals surface area (Å²) in [6, 6.07) is 23.5. The largest absolute Gasteiger partial charge is 0.493 e. The Morgan fingerprint density at radius 3 is 2.52 bits per heavy atom. The van der Waals surface area contributed by atoms with Crippen LogP contribution < -0.4 is 20.2 Å². The fraction of sp³-hybridized carbons (Fsp3) is 0.130. The van der Waals surface area contributed by atoms with Gasteiger partial charge >= 0.3 is 0 Å². The van der Waals surface area contributed by atoms with Crippen molar-refractivity contribution in [1.29, 1.82) is 0 Å². The third kappa shape index (κ3) is 6.05. The number of ether oxygens (including phenoxy) is 2. The molecular formula is C23H23N3O2S. The molecule has 3 aromatic rings. The Bertz CT molecular complexity index is 990. The number of nitrogens with zero attached hydrogens (tertiary/aromatic N) is 1. The van der Waals surface area contributed by atoms with E-state index in [1.54, 1.807) is 13.3 Å². The average Bonchev–Trinajstić information content (AvgIpc) is 2.74. The summed E-state index contributed by atoms with van der Waals surface area (Å²) in [4.78, 5) is 0. The van der Waals surface area contributed by atoms with Gasteiger partial charge in [0.05, 0.1) is 13.3 Å². The van der Waals surface area contributed by atoms with E-state index in [1.807, 2.05) is 60.7 Å². The molecule has 29 heavy (non-hydrogen) atoms. The highest BCUT2D eigenvalue weighted by Crippen LogP contribution is 2.28. The summed E-state index contributed by atoms with van der Waals surface area (Å²) >= 11 is 5.23. The van der Waals surface area contributed by atoms with E-state index in [1.165, 1.54) is 5.56 Å². The first-order valence-electron chi connectivity index (χ1n) is 9.16. The van der Waals surface area contributed by atoms with Crippen molar-refractivity contribution in [3.63, 3.8) is 0 Å². The number of para-hydroxylation sites is 1. The predicted molar refractivity (Wildman–Crippen MR) is 122 cm³/mol. The van der Waals surface area contributed by atoms with Crippen molar-refractivity contribution in [2.45, 2.75) is 13.5 Å². The van der Waals surface area contributed by atoms with E-state index in [9.17, 15) is 0 Å². The summed E-state index contributed by atoms with van der Waals surface area (Å²) in [6.45, 7) is 2.55. The molecule has 0 radical (unpaired) electrons. The van der Waals surface area contributed by atoms with Crippen LogP contribution in [0, 0.1) is 6.92 Å². The molecule has 0 aliphatic rings. The molecule has 3 aromatic carbocycles. The third-order valence-electron chi connectivity index (χ3n) is 4.24. The van der Waals surface area contributed by atoms with E-state index < -0.39 is 0 Å². The van der Waals surface area contributed by atoms with E-state index in [4.69, 9.17) is 21.7 Å². The van der Waals surface area contributed by atoms with Crippen LogP contribution in [0.5, 0.6) is 11.5 Å². The summed E-state index contributed by atoms with van der Waals surface area (Å²) in [5.41, 5.74) is 6.90. The molecule has 0 aliphatic carbocycles. The van der Waals surface area contributed by atoms with E-state index >= 15 is 0 Å². The monoisotopic (exact) mass is 405 g/mol. The lowest BCUT2D eigenvalue weighted by Crippen LogP contribution is -2.23. The van der Waals surface area contributed by atoms with Crippen LogP contribution in [-0.4, -0.2) is 18.4 Å². The van der Waals surface area contributed by atoms with Gasteiger partial charge in [-0.2, -0.15) is 5.10 Å². The highest BCUT2D eigenvalue weighted by molar-refractivity contribution is 7.80. The zero-order valence-corrected chi connectivity index (χ0v) is 17.2. The quantitative estimate of drug-likeness (QED) is 0.333. The predicted octanol–water partition coefficient (Wildman–Crippen LogP) is 4.90. The van der Waals surface area contributed by atoms with Crippen LogP contribution in [0.25, 0.3) is 0 Å². The standard InChI is InChI=1S/C23H23N3O2S/c1-17-8-6-7-9-19(17)16-28-21-13-12-18(14-22(21)27-2)15-24-26-23(29)25-20-10-4-3-5-11-20/h3-15H,16H2,1-2H3,(H2,25,26,29)/b24-15-. The number of hydrogen-bond acceptors (Lipinski definition) is 4. The van der Waals surface area contributed by atoms with Crippen molar-refractivity contribution in [3.8, 4) is 11.5 Å². The molecule has 0 fully saturated rings. The number of nitrogens with one attached hydrogen (secondary N) is 2. The summed E-state index contributed by atoms with van der Waals surface area (Å²) in [6.07, 6.45) is 1.67. The summed E-state index contributed by atoms with van der Waals surface area (Å²) in [5.74, 6) is 1.33. The van der Waals surface area contributed by atoms with E-state index in [2.05, 4.69) is 34.9 Å². The van der Waals surface area contributed by atoms with Gasteiger partial charge in [0.1, 0.15) is 6.61 Å². The van der Waals surface area contributed by atoms with Crippen molar-refractivity contribution >= 4 is 29.2 Å². The maximum absolute atomic E-state index is 5.94. The van der Waals surface area contributed by atoms with Gasteiger partial charge in [-0.25, -0.2) is 0 Å². The summed E-state index contributed by atoms with van der Waals surface area (Å²) in [5, 5.41) is 7.65. The molecule has 6 heteroatoms. The maximum Gasteiger partial charge on any atom is 0.191 e. The molecule has 0 unspecified atom stereocenters. The molecule has 0 aromatic heterocycles. The van der Waals surface area contributed by atoms with Crippen LogP contribution in [0.3, 0.4) is 0 Å². The number of hydrogen-bond donors (Lipinski definition) is 2. The topological polar surface area (TPSA) is 54.9 Å². The molecule has 0 aliphatic heterocycles. The van der Waals surface area contributed by atoms with Crippen LogP contribution in [0.15, 0.2) is 77.9 Å². The second-order valence-corrected chi connectivity index (χ2v) is 6.72. The molecule has 0 heterocycles. The van der Waals surface area contributed by atoms with Gasteiger partial charge < -0.3 is 14.8 Å². The van der Waals surface area contributed by atoms with E-state index in [0.29, 0.717) is 23.2 Å². The number of anilines is 1. The first-order chi connectivity index (χ1) is 14.2. The zero-order chi connectivity index (χ0) is 20.5. The molecule has 0 saturated carbocycles. The van der Waals surface area contributed by atoms with Gasteiger partial charge in [0.2, 0.25) is 0 Å². The lowest BCUT2D eigenvalue weighted by molar-refractivity contribution is 0.284. The second-order valence-electron chi connectivity index (χ2n) is 6.32. The highest BCUT2D eigenvalue weighted by Gasteiger charge is 2.06. The van der Waals surface area contributed by atoms with Crippen LogP contribution in [-0.2, 0) is 6.61 Å². The van der Waals surface area contributed by atoms with Crippen LogP contribution in [0.2, 0.25) is 0 Å². The lowest BCUT2D eigenvalue weighted by atomic mass is 10.1.